The third-order valence-electron chi connectivity index (χ3n) is 4.40. The van der Waals surface area contributed by atoms with Gasteiger partial charge in [0, 0.05) is 5.56 Å². The molecule has 0 aliphatic heterocycles. The van der Waals surface area contributed by atoms with E-state index in [1.54, 1.807) is 40.9 Å². The van der Waals surface area contributed by atoms with Crippen LogP contribution in [0.25, 0.3) is 15.5 Å². The minimum Gasteiger partial charge on any atom is -0.484 e. The van der Waals surface area contributed by atoms with Crippen LogP contribution in [0.2, 0.25) is 5.02 Å². The fourth-order valence-electron chi connectivity index (χ4n) is 2.90. The van der Waals surface area contributed by atoms with Gasteiger partial charge in [-0.05, 0) is 42.5 Å². The van der Waals surface area contributed by atoms with Crippen molar-refractivity contribution >= 4 is 27.9 Å². The zero-order valence-electron chi connectivity index (χ0n) is 15.9. The minimum atomic E-state index is -0.454. The first-order valence-electron chi connectivity index (χ1n) is 9.28. The van der Waals surface area contributed by atoms with Gasteiger partial charge in [0.25, 0.3) is 0 Å². The Labute approximate surface area is 185 Å². The second-order valence-corrected chi connectivity index (χ2v) is 7.86. The molecule has 3 aromatic carbocycles. The molecule has 0 amide bonds. The molecule has 0 unspecified atom stereocenters. The molecule has 0 saturated heterocycles. The summed E-state index contributed by atoms with van der Waals surface area (Å²) in [5, 5.41) is 14.0. The van der Waals surface area contributed by atoms with Crippen LogP contribution >= 0.6 is 22.9 Å². The molecule has 0 bridgehead atoms. The first kappa shape index (κ1) is 19.5. The number of para-hydroxylation sites is 2. The Kier molecular flexibility index (Phi) is 5.23. The highest BCUT2D eigenvalue weighted by atomic mass is 35.5. The third kappa shape index (κ3) is 4.08. The summed E-state index contributed by atoms with van der Waals surface area (Å²) >= 11 is 7.46. The highest BCUT2D eigenvalue weighted by Gasteiger charge is 2.16. The number of hydrogen-bond acceptors (Lipinski definition) is 6. The first-order valence-corrected chi connectivity index (χ1v) is 10.5. The fraction of sp³-hybridized carbons (Fsp3) is 0.0455. The normalized spacial score (nSPS) is 11.0. The van der Waals surface area contributed by atoms with Gasteiger partial charge in [-0.3, -0.25) is 0 Å². The molecule has 9 heteroatoms. The molecule has 2 aromatic heterocycles. The molecule has 0 fully saturated rings. The van der Waals surface area contributed by atoms with Gasteiger partial charge < -0.3 is 9.47 Å². The van der Waals surface area contributed by atoms with Crippen molar-refractivity contribution in [2.24, 2.45) is 0 Å². The highest BCUT2D eigenvalue weighted by Crippen LogP contribution is 2.32. The summed E-state index contributed by atoms with van der Waals surface area (Å²) in [6, 6.07) is 20.9. The Morgan fingerprint density at radius 2 is 1.74 bits per heavy atom. The molecule has 0 atom stereocenters. The number of benzene rings is 3. The summed E-state index contributed by atoms with van der Waals surface area (Å²) in [6.45, 7) is 0.153. The van der Waals surface area contributed by atoms with Gasteiger partial charge in [0.1, 0.15) is 23.1 Å². The van der Waals surface area contributed by atoms with E-state index in [1.165, 1.54) is 17.4 Å². The zero-order valence-corrected chi connectivity index (χ0v) is 17.5. The van der Waals surface area contributed by atoms with Crippen LogP contribution in [0.3, 0.4) is 0 Å². The maximum Gasteiger partial charge on any atom is 0.235 e. The lowest BCUT2D eigenvalue weighted by Gasteiger charge is -2.07. The van der Waals surface area contributed by atoms with E-state index in [1.807, 2.05) is 30.3 Å². The number of rotatable bonds is 6. The Morgan fingerprint density at radius 1 is 0.935 bits per heavy atom. The summed E-state index contributed by atoms with van der Waals surface area (Å²) in [7, 11) is 0. The van der Waals surface area contributed by atoms with E-state index in [2.05, 4.69) is 15.3 Å². The quantitative estimate of drug-likeness (QED) is 0.315. The van der Waals surface area contributed by atoms with E-state index in [0.717, 1.165) is 0 Å². The van der Waals surface area contributed by atoms with Crippen LogP contribution in [0.15, 0.2) is 72.8 Å². The van der Waals surface area contributed by atoms with Crippen molar-refractivity contribution in [3.05, 3.63) is 89.5 Å². The van der Waals surface area contributed by atoms with Gasteiger partial charge in [-0.25, -0.2) is 4.39 Å². The van der Waals surface area contributed by atoms with Crippen LogP contribution in [0, 0.1) is 5.82 Å². The summed E-state index contributed by atoms with van der Waals surface area (Å²) in [5.74, 6) is 1.30. The van der Waals surface area contributed by atoms with Crippen molar-refractivity contribution in [1.82, 2.24) is 19.8 Å². The van der Waals surface area contributed by atoms with Gasteiger partial charge in [0.2, 0.25) is 4.96 Å². The molecule has 0 aliphatic carbocycles. The predicted molar refractivity (Wildman–Crippen MR) is 116 cm³/mol. The van der Waals surface area contributed by atoms with Gasteiger partial charge >= 0.3 is 0 Å². The molecule has 0 spiro atoms. The summed E-state index contributed by atoms with van der Waals surface area (Å²) in [5.41, 5.74) is 0.709. The van der Waals surface area contributed by atoms with E-state index < -0.39 is 5.82 Å². The Balaban J connectivity index is 1.41. The summed E-state index contributed by atoms with van der Waals surface area (Å²) < 4.78 is 27.3. The number of halogens is 2. The average Bonchev–Trinajstić information content (AvgIpc) is 3.37. The maximum absolute atomic E-state index is 14.3. The van der Waals surface area contributed by atoms with Crippen LogP contribution in [0.1, 0.15) is 5.82 Å². The van der Waals surface area contributed by atoms with Crippen LogP contribution < -0.4 is 9.47 Å². The smallest absolute Gasteiger partial charge is 0.235 e. The second kappa shape index (κ2) is 8.33. The Bertz CT molecular complexity index is 1360. The number of hydrogen-bond donors (Lipinski definition) is 0. The minimum absolute atomic E-state index is 0.122. The first-order chi connectivity index (χ1) is 15.2. The molecule has 0 saturated carbocycles. The molecule has 2 heterocycles. The SMILES string of the molecule is Fc1ccc(-c2nn3c(COc4ccccc4Cl)nnc3s2)cc1Oc1ccccc1. The predicted octanol–water partition coefficient (Wildman–Crippen LogP) is 6.02. The monoisotopic (exact) mass is 452 g/mol. The molecule has 0 aliphatic rings. The van der Waals surface area contributed by atoms with E-state index in [4.69, 9.17) is 21.1 Å². The highest BCUT2D eigenvalue weighted by molar-refractivity contribution is 7.19. The Morgan fingerprint density at radius 3 is 2.58 bits per heavy atom. The average molecular weight is 453 g/mol. The molecular formula is C22H14ClFN4O2S. The standard InChI is InChI=1S/C22H14ClFN4O2S/c23-16-8-4-5-9-18(16)29-13-20-25-26-22-28(20)27-21(31-22)14-10-11-17(24)19(12-14)30-15-6-2-1-3-7-15/h1-12H,13H2. The molecule has 31 heavy (non-hydrogen) atoms. The van der Waals surface area contributed by atoms with Crippen LogP contribution in [-0.4, -0.2) is 19.8 Å². The number of nitrogens with zero attached hydrogens (tertiary/aromatic N) is 4. The lowest BCUT2D eigenvalue weighted by molar-refractivity contribution is 0.293. The summed E-state index contributed by atoms with van der Waals surface area (Å²) in [6.07, 6.45) is 0. The topological polar surface area (TPSA) is 61.5 Å². The third-order valence-corrected chi connectivity index (χ3v) is 5.66. The maximum atomic E-state index is 14.3. The lowest BCUT2D eigenvalue weighted by Crippen LogP contribution is -2.02. The largest absolute Gasteiger partial charge is 0.484 e. The summed E-state index contributed by atoms with van der Waals surface area (Å²) in [4.78, 5) is 0.600. The lowest BCUT2D eigenvalue weighted by atomic mass is 10.2. The van der Waals surface area contributed by atoms with Crippen molar-refractivity contribution in [3.8, 4) is 27.8 Å². The number of ether oxygens (including phenoxy) is 2. The van der Waals surface area contributed by atoms with E-state index in [9.17, 15) is 4.39 Å². The molecule has 6 nitrogen and oxygen atoms in total. The second-order valence-electron chi connectivity index (χ2n) is 6.50. The molecule has 0 N–H and O–H groups in total. The molecule has 0 radical (unpaired) electrons. The van der Waals surface area contributed by atoms with Crippen molar-refractivity contribution in [2.75, 3.05) is 0 Å². The van der Waals surface area contributed by atoms with Gasteiger partial charge in [0.15, 0.2) is 17.4 Å². The Hall–Kier alpha value is -3.49. The van der Waals surface area contributed by atoms with E-state index >= 15 is 0 Å². The van der Waals surface area contributed by atoms with Crippen molar-refractivity contribution in [1.29, 1.82) is 0 Å². The molecule has 5 rings (SSSR count). The molecule has 5 aromatic rings. The van der Waals surface area contributed by atoms with Crippen LogP contribution in [-0.2, 0) is 6.61 Å². The zero-order chi connectivity index (χ0) is 21.2. The van der Waals surface area contributed by atoms with Crippen LogP contribution in [0.5, 0.6) is 17.2 Å². The van der Waals surface area contributed by atoms with Gasteiger partial charge in [-0.2, -0.15) is 9.61 Å². The van der Waals surface area contributed by atoms with Crippen molar-refractivity contribution in [3.63, 3.8) is 0 Å². The molecule has 154 valence electrons. The van der Waals surface area contributed by atoms with E-state index in [0.29, 0.717) is 37.9 Å². The van der Waals surface area contributed by atoms with Crippen molar-refractivity contribution < 1.29 is 13.9 Å². The number of aromatic nitrogens is 4. The number of fused-ring (bicyclic) bond motifs is 1. The van der Waals surface area contributed by atoms with Crippen molar-refractivity contribution in [2.45, 2.75) is 6.61 Å². The van der Waals surface area contributed by atoms with Gasteiger partial charge in [-0.1, -0.05) is 53.3 Å². The van der Waals surface area contributed by atoms with E-state index in [-0.39, 0.29) is 12.4 Å². The molecular weight excluding hydrogens is 439 g/mol. The van der Waals surface area contributed by atoms with Gasteiger partial charge in [-0.15, -0.1) is 10.2 Å². The van der Waals surface area contributed by atoms with Gasteiger partial charge in [0.05, 0.1) is 5.02 Å². The fourth-order valence-corrected chi connectivity index (χ4v) is 3.94. The van der Waals surface area contributed by atoms with Crippen LogP contribution in [0.4, 0.5) is 4.39 Å².